The van der Waals surface area contributed by atoms with Crippen LogP contribution in [0.1, 0.15) is 22.2 Å². The fraction of sp³-hybridized carbons (Fsp3) is 0.308. The number of nitrogens with zero attached hydrogens (tertiary/aromatic N) is 2. The van der Waals surface area contributed by atoms with Crippen molar-refractivity contribution in [3.63, 3.8) is 0 Å². The van der Waals surface area contributed by atoms with E-state index in [0.29, 0.717) is 53.6 Å². The minimum absolute atomic E-state index is 0.0147. The van der Waals surface area contributed by atoms with Gasteiger partial charge in [-0.3, -0.25) is 14.5 Å². The van der Waals surface area contributed by atoms with Crippen molar-refractivity contribution in [1.29, 1.82) is 0 Å². The third-order valence-electron chi connectivity index (χ3n) is 6.43. The fourth-order valence-corrected chi connectivity index (χ4v) is 4.85. The van der Waals surface area contributed by atoms with Crippen LogP contribution in [0.3, 0.4) is 0 Å². The molecule has 1 saturated heterocycles. The quantitative estimate of drug-likeness (QED) is 0.494. The number of fused-ring (bicyclic) bond motifs is 1. The predicted molar refractivity (Wildman–Crippen MR) is 130 cm³/mol. The van der Waals surface area contributed by atoms with Gasteiger partial charge >= 0.3 is 0 Å². The van der Waals surface area contributed by atoms with Gasteiger partial charge in [0.05, 0.1) is 31.9 Å². The Balaban J connectivity index is 1.52. The van der Waals surface area contributed by atoms with E-state index in [1.54, 1.807) is 48.5 Å². The third kappa shape index (κ3) is 4.40. The Morgan fingerprint density at radius 3 is 2.66 bits per heavy atom. The number of aliphatic hydroxyl groups excluding tert-OH is 1. The highest BCUT2D eigenvalue weighted by Gasteiger charge is 2.44. The van der Waals surface area contributed by atoms with E-state index in [1.807, 2.05) is 0 Å². The van der Waals surface area contributed by atoms with Gasteiger partial charge in [-0.15, -0.1) is 0 Å². The summed E-state index contributed by atoms with van der Waals surface area (Å²) in [5.41, 5.74) is 1.03. The third-order valence-corrected chi connectivity index (χ3v) is 6.66. The average Bonchev–Trinajstić information content (AvgIpc) is 3.42. The van der Waals surface area contributed by atoms with Crippen LogP contribution in [0.4, 0.5) is 0 Å². The van der Waals surface area contributed by atoms with E-state index in [0.717, 1.165) is 13.1 Å². The van der Waals surface area contributed by atoms with E-state index >= 15 is 0 Å². The van der Waals surface area contributed by atoms with Crippen molar-refractivity contribution >= 4 is 34.3 Å². The van der Waals surface area contributed by atoms with Crippen molar-refractivity contribution in [2.24, 2.45) is 0 Å². The number of morpholine rings is 1. The van der Waals surface area contributed by atoms with Crippen LogP contribution in [0.5, 0.6) is 5.75 Å². The van der Waals surface area contributed by atoms with Gasteiger partial charge in [0.2, 0.25) is 5.78 Å². The monoisotopic (exact) mass is 496 g/mol. The molecule has 8 nitrogen and oxygen atoms in total. The van der Waals surface area contributed by atoms with E-state index < -0.39 is 23.5 Å². The molecule has 0 radical (unpaired) electrons. The molecule has 182 valence electrons. The Hall–Kier alpha value is -3.33. The van der Waals surface area contributed by atoms with Gasteiger partial charge in [0.15, 0.2) is 22.9 Å². The van der Waals surface area contributed by atoms with Crippen LogP contribution >= 0.6 is 11.6 Å². The number of ether oxygens (including phenoxy) is 2. The zero-order valence-electron chi connectivity index (χ0n) is 19.2. The Labute approximate surface area is 207 Å². The van der Waals surface area contributed by atoms with Gasteiger partial charge in [-0.1, -0.05) is 35.9 Å². The molecular formula is C26H25ClN2O6. The molecule has 5 rings (SSSR count). The minimum atomic E-state index is -0.801. The zero-order valence-corrected chi connectivity index (χ0v) is 20.0. The first-order chi connectivity index (χ1) is 17.0. The van der Waals surface area contributed by atoms with Crippen molar-refractivity contribution in [3.05, 3.63) is 76.2 Å². The number of halogens is 1. The number of carbonyl (C=O) groups is 2. The van der Waals surface area contributed by atoms with Crippen molar-refractivity contribution in [3.8, 4) is 5.75 Å². The van der Waals surface area contributed by atoms with Gasteiger partial charge in [-0.2, -0.15) is 0 Å². The van der Waals surface area contributed by atoms with Gasteiger partial charge in [0.25, 0.3) is 5.91 Å². The molecule has 1 amide bonds. The molecule has 0 aliphatic carbocycles. The second-order valence-electron chi connectivity index (χ2n) is 8.49. The lowest BCUT2D eigenvalue weighted by Crippen LogP contribution is -2.43. The summed E-state index contributed by atoms with van der Waals surface area (Å²) in [7, 11) is 1.52. The molecular weight excluding hydrogens is 472 g/mol. The van der Waals surface area contributed by atoms with Crippen LogP contribution in [0.25, 0.3) is 11.0 Å². The van der Waals surface area contributed by atoms with Crippen LogP contribution in [-0.4, -0.2) is 73.1 Å². The maximum Gasteiger partial charge on any atom is 0.290 e. The highest BCUT2D eigenvalue weighted by atomic mass is 35.5. The summed E-state index contributed by atoms with van der Waals surface area (Å²) in [5.74, 6) is -1.23. The number of amides is 1. The van der Waals surface area contributed by atoms with Gasteiger partial charge in [-0.05, 0) is 29.8 Å². The topological polar surface area (TPSA) is 92.5 Å². The molecule has 0 spiro atoms. The molecule has 2 aromatic carbocycles. The lowest BCUT2D eigenvalue weighted by atomic mass is 9.95. The molecule has 2 aliphatic rings. The van der Waals surface area contributed by atoms with E-state index in [2.05, 4.69) is 4.90 Å². The Morgan fingerprint density at radius 1 is 1.14 bits per heavy atom. The van der Waals surface area contributed by atoms with Crippen molar-refractivity contribution < 1.29 is 28.6 Å². The van der Waals surface area contributed by atoms with Gasteiger partial charge in [0, 0.05) is 36.6 Å². The highest BCUT2D eigenvalue weighted by Crippen LogP contribution is 2.40. The summed E-state index contributed by atoms with van der Waals surface area (Å²) in [6.07, 6.45) is 0. The van der Waals surface area contributed by atoms with Crippen LogP contribution in [-0.2, 0) is 9.53 Å². The molecule has 3 heterocycles. The first-order valence-corrected chi connectivity index (χ1v) is 11.8. The largest absolute Gasteiger partial charge is 0.503 e. The average molecular weight is 497 g/mol. The number of hydrogen-bond acceptors (Lipinski definition) is 7. The number of rotatable bonds is 7. The number of furan rings is 1. The molecule has 1 N–H and O–H groups in total. The number of benzene rings is 2. The summed E-state index contributed by atoms with van der Waals surface area (Å²) in [6, 6.07) is 13.1. The maximum atomic E-state index is 13.7. The van der Waals surface area contributed by atoms with E-state index in [4.69, 9.17) is 25.5 Å². The normalized spacial score (nSPS) is 19.1. The summed E-state index contributed by atoms with van der Waals surface area (Å²) < 4.78 is 16.6. The minimum Gasteiger partial charge on any atom is -0.503 e. The second kappa shape index (κ2) is 9.73. The number of para-hydroxylation sites is 1. The smallest absolute Gasteiger partial charge is 0.290 e. The van der Waals surface area contributed by atoms with Crippen molar-refractivity contribution in [2.45, 2.75) is 6.04 Å². The van der Waals surface area contributed by atoms with Crippen molar-refractivity contribution in [2.75, 3.05) is 46.5 Å². The number of aliphatic hydroxyl groups is 1. The lowest BCUT2D eigenvalue weighted by Gasteiger charge is -2.31. The highest BCUT2D eigenvalue weighted by molar-refractivity contribution is 6.30. The number of methoxy groups -OCH3 is 1. The van der Waals surface area contributed by atoms with Gasteiger partial charge in [-0.25, -0.2) is 0 Å². The first-order valence-electron chi connectivity index (χ1n) is 11.4. The van der Waals surface area contributed by atoms with Crippen molar-refractivity contribution in [1.82, 2.24) is 9.80 Å². The molecule has 1 aromatic heterocycles. The van der Waals surface area contributed by atoms with Gasteiger partial charge < -0.3 is 23.9 Å². The van der Waals surface area contributed by atoms with E-state index in [9.17, 15) is 14.7 Å². The zero-order chi connectivity index (χ0) is 24.5. The number of carbonyl (C=O) groups excluding carboxylic acids is 2. The summed E-state index contributed by atoms with van der Waals surface area (Å²) >= 11 is 6.25. The SMILES string of the molecule is COc1cccc2cc(C(=O)C3=C(O)C(=O)N(CCN4CCOCC4)[C@@H]3c3cccc(Cl)c3)oc12. The number of hydrogen-bond donors (Lipinski definition) is 1. The van der Waals surface area contributed by atoms with Crippen LogP contribution < -0.4 is 4.74 Å². The molecule has 1 fully saturated rings. The molecule has 3 aromatic rings. The summed E-state index contributed by atoms with van der Waals surface area (Å²) in [6.45, 7) is 3.70. The number of Topliss-reactive ketones (excluding diaryl/α,β-unsaturated/α-hetero) is 1. The molecule has 0 saturated carbocycles. The fourth-order valence-electron chi connectivity index (χ4n) is 4.66. The molecule has 0 bridgehead atoms. The molecule has 1 atom stereocenters. The molecule has 0 unspecified atom stereocenters. The van der Waals surface area contributed by atoms with Crippen LogP contribution in [0.15, 0.2) is 64.3 Å². The predicted octanol–water partition coefficient (Wildman–Crippen LogP) is 4.01. The lowest BCUT2D eigenvalue weighted by molar-refractivity contribution is -0.129. The standard InChI is InChI=1S/C26H25ClN2O6/c1-33-19-7-3-5-17-15-20(35-25(17)19)23(30)21-22(16-4-2-6-18(27)14-16)29(26(32)24(21)31)9-8-28-10-12-34-13-11-28/h2-7,14-15,22,31H,8-13H2,1H3/t22-/m1/s1. The van der Waals surface area contributed by atoms with E-state index in [1.165, 1.54) is 12.0 Å². The van der Waals surface area contributed by atoms with E-state index in [-0.39, 0.29) is 11.3 Å². The summed E-state index contributed by atoms with van der Waals surface area (Å²) in [5, 5.41) is 12.1. The Morgan fingerprint density at radius 2 is 1.91 bits per heavy atom. The van der Waals surface area contributed by atoms with Gasteiger partial charge in [0.1, 0.15) is 0 Å². The maximum absolute atomic E-state index is 13.7. The Bertz CT molecular complexity index is 1310. The molecule has 2 aliphatic heterocycles. The number of ketones is 1. The van der Waals surface area contributed by atoms with Crippen LogP contribution in [0, 0.1) is 0 Å². The molecule has 35 heavy (non-hydrogen) atoms. The second-order valence-corrected chi connectivity index (χ2v) is 8.93. The molecule has 9 heteroatoms. The summed E-state index contributed by atoms with van der Waals surface area (Å²) in [4.78, 5) is 30.6. The first kappa shape index (κ1) is 23.4. The van der Waals surface area contributed by atoms with Crippen LogP contribution in [0.2, 0.25) is 5.02 Å². The Kier molecular flexibility index (Phi) is 6.51.